The second kappa shape index (κ2) is 10.7. The second-order valence-corrected chi connectivity index (χ2v) is 11.2. The molecule has 1 saturated heterocycles. The van der Waals surface area contributed by atoms with Crippen LogP contribution in [0.2, 0.25) is 5.02 Å². The van der Waals surface area contributed by atoms with Gasteiger partial charge in [-0.25, -0.2) is 4.39 Å². The van der Waals surface area contributed by atoms with Gasteiger partial charge in [-0.3, -0.25) is 0 Å². The Kier molecular flexibility index (Phi) is 7.95. The first kappa shape index (κ1) is 23.8. The lowest BCUT2D eigenvalue weighted by Crippen LogP contribution is -2.48. The number of halogens is 2. The van der Waals surface area contributed by atoms with Crippen molar-refractivity contribution in [2.75, 3.05) is 19.6 Å². The average molecular weight is 456 g/mol. The van der Waals surface area contributed by atoms with Crippen molar-refractivity contribution in [2.24, 2.45) is 17.3 Å². The van der Waals surface area contributed by atoms with Crippen LogP contribution in [0.3, 0.4) is 0 Å². The zero-order chi connectivity index (χ0) is 22.6. The maximum atomic E-state index is 13.5. The molecular weight excluding hydrogens is 417 g/mol. The van der Waals surface area contributed by atoms with Crippen molar-refractivity contribution in [1.82, 2.24) is 4.90 Å². The third kappa shape index (κ3) is 6.14. The van der Waals surface area contributed by atoms with Gasteiger partial charge < -0.3 is 4.90 Å². The number of piperidine rings is 1. The third-order valence-corrected chi connectivity index (χ3v) is 8.60. The van der Waals surface area contributed by atoms with Gasteiger partial charge in [0.25, 0.3) is 0 Å². The van der Waals surface area contributed by atoms with Crippen molar-refractivity contribution >= 4 is 17.2 Å². The van der Waals surface area contributed by atoms with Crippen LogP contribution in [0.25, 0.3) is 5.57 Å². The van der Waals surface area contributed by atoms with Gasteiger partial charge in [0.05, 0.1) is 0 Å². The van der Waals surface area contributed by atoms with Crippen LogP contribution in [-0.2, 0) is 0 Å². The van der Waals surface area contributed by atoms with E-state index in [-0.39, 0.29) is 5.82 Å². The van der Waals surface area contributed by atoms with Gasteiger partial charge in [-0.2, -0.15) is 0 Å². The molecule has 1 heterocycles. The van der Waals surface area contributed by atoms with Gasteiger partial charge in [0, 0.05) is 17.1 Å². The van der Waals surface area contributed by atoms with Crippen molar-refractivity contribution in [2.45, 2.75) is 70.6 Å². The third-order valence-electron chi connectivity index (χ3n) is 8.27. The Hall–Kier alpha value is -1.38. The smallest absolute Gasteiger partial charge is 0.123 e. The predicted octanol–water partition coefficient (Wildman–Crippen LogP) is 8.46. The Morgan fingerprint density at radius 2 is 1.78 bits per heavy atom. The molecule has 0 bridgehead atoms. The first-order valence-electron chi connectivity index (χ1n) is 12.6. The van der Waals surface area contributed by atoms with Crippen molar-refractivity contribution in [1.29, 1.82) is 0 Å². The normalized spacial score (nSPS) is 22.3. The molecule has 1 aromatic rings. The molecule has 3 fully saturated rings. The maximum Gasteiger partial charge on any atom is 0.123 e. The minimum absolute atomic E-state index is 0.295. The van der Waals surface area contributed by atoms with Crippen LogP contribution in [0.1, 0.15) is 76.2 Å². The molecule has 2 saturated carbocycles. The molecule has 0 aromatic heterocycles. The van der Waals surface area contributed by atoms with E-state index in [9.17, 15) is 4.39 Å². The number of allylic oxidation sites excluding steroid dienone is 4. The minimum atomic E-state index is -0.295. The standard InChI is InChI=1S/C29H39ClFN/c1-22(8-10-23(2)27-18-26(31)12-13-28(27)30)9-11-25-19-29(20-25)14-16-32(17-15-29)21-24-6-4-3-5-7-24/h8,10,12-13,18,24-25H,1-7,9,11,14-17,19-21H2/b10-8-. The summed E-state index contributed by atoms with van der Waals surface area (Å²) < 4.78 is 13.5. The van der Waals surface area contributed by atoms with Gasteiger partial charge in [0.15, 0.2) is 0 Å². The quantitative estimate of drug-likeness (QED) is 0.355. The van der Waals surface area contributed by atoms with E-state index in [0.29, 0.717) is 16.0 Å². The molecule has 32 heavy (non-hydrogen) atoms. The number of nitrogens with zero attached hydrogens (tertiary/aromatic N) is 1. The zero-order valence-corrected chi connectivity index (χ0v) is 20.3. The molecule has 1 aromatic carbocycles. The predicted molar refractivity (Wildman–Crippen MR) is 135 cm³/mol. The van der Waals surface area contributed by atoms with Crippen molar-refractivity contribution in [3.05, 3.63) is 65.5 Å². The SMILES string of the molecule is C=C(/C=C\C(=C)c1cc(F)ccc1Cl)CCC1CC2(CCN(CC3CCCCC3)CC2)C1. The first-order valence-corrected chi connectivity index (χ1v) is 13.0. The van der Waals surface area contributed by atoms with Gasteiger partial charge >= 0.3 is 0 Å². The summed E-state index contributed by atoms with van der Waals surface area (Å²) in [7, 11) is 0. The molecule has 0 atom stereocenters. The monoisotopic (exact) mass is 455 g/mol. The fourth-order valence-corrected chi connectivity index (χ4v) is 6.49. The molecule has 0 unspecified atom stereocenters. The van der Waals surface area contributed by atoms with Crippen LogP contribution < -0.4 is 0 Å². The van der Waals surface area contributed by atoms with Crippen LogP contribution in [0.5, 0.6) is 0 Å². The van der Waals surface area contributed by atoms with E-state index < -0.39 is 0 Å². The molecule has 2 aliphatic carbocycles. The Morgan fingerprint density at radius 1 is 1.06 bits per heavy atom. The Balaban J connectivity index is 1.14. The molecule has 1 spiro atoms. The lowest BCUT2D eigenvalue weighted by Gasteiger charge is -2.53. The highest BCUT2D eigenvalue weighted by molar-refractivity contribution is 6.32. The fraction of sp³-hybridized carbons (Fsp3) is 0.586. The number of benzene rings is 1. The van der Waals surface area contributed by atoms with Crippen molar-refractivity contribution in [3.63, 3.8) is 0 Å². The molecule has 1 aliphatic heterocycles. The van der Waals surface area contributed by atoms with Crippen LogP contribution in [0.15, 0.2) is 49.1 Å². The molecule has 3 heteroatoms. The number of rotatable bonds is 8. The molecular formula is C29H39ClFN. The van der Waals surface area contributed by atoms with E-state index in [1.54, 1.807) is 6.07 Å². The Labute approximate surface area is 199 Å². The van der Waals surface area contributed by atoms with E-state index >= 15 is 0 Å². The average Bonchev–Trinajstić information content (AvgIpc) is 2.78. The second-order valence-electron chi connectivity index (χ2n) is 10.8. The highest BCUT2D eigenvalue weighted by Gasteiger charge is 2.45. The molecule has 3 aliphatic rings. The summed E-state index contributed by atoms with van der Waals surface area (Å²) in [4.78, 5) is 2.76. The van der Waals surface area contributed by atoms with E-state index in [2.05, 4.69) is 18.1 Å². The summed E-state index contributed by atoms with van der Waals surface area (Å²) in [5.74, 6) is 1.53. The lowest BCUT2D eigenvalue weighted by molar-refractivity contribution is -0.0201. The molecule has 0 amide bonds. The number of likely N-dealkylation sites (tertiary alicyclic amines) is 1. The zero-order valence-electron chi connectivity index (χ0n) is 19.6. The Bertz CT molecular complexity index is 835. The largest absolute Gasteiger partial charge is 0.303 e. The van der Waals surface area contributed by atoms with E-state index in [0.717, 1.165) is 29.4 Å². The summed E-state index contributed by atoms with van der Waals surface area (Å²) in [6.45, 7) is 12.3. The maximum absolute atomic E-state index is 13.5. The highest BCUT2D eigenvalue weighted by atomic mass is 35.5. The van der Waals surface area contributed by atoms with Gasteiger partial charge in [0.2, 0.25) is 0 Å². The number of hydrogen-bond donors (Lipinski definition) is 0. The van der Waals surface area contributed by atoms with Crippen molar-refractivity contribution < 1.29 is 4.39 Å². The summed E-state index contributed by atoms with van der Waals surface area (Å²) in [5, 5.41) is 0.524. The van der Waals surface area contributed by atoms with Crippen LogP contribution >= 0.6 is 11.6 Å². The van der Waals surface area contributed by atoms with Gasteiger partial charge in [0.1, 0.15) is 5.82 Å². The summed E-state index contributed by atoms with van der Waals surface area (Å²) >= 11 is 6.18. The van der Waals surface area contributed by atoms with Crippen LogP contribution in [-0.4, -0.2) is 24.5 Å². The summed E-state index contributed by atoms with van der Waals surface area (Å²) in [6, 6.07) is 4.38. The fourth-order valence-electron chi connectivity index (χ4n) is 6.25. The molecule has 174 valence electrons. The van der Waals surface area contributed by atoms with Gasteiger partial charge in [-0.05, 0) is 105 Å². The molecule has 1 nitrogen and oxygen atoms in total. The van der Waals surface area contributed by atoms with Crippen LogP contribution in [0, 0.1) is 23.1 Å². The topological polar surface area (TPSA) is 3.24 Å². The highest BCUT2D eigenvalue weighted by Crippen LogP contribution is 2.54. The van der Waals surface area contributed by atoms with E-state index in [4.69, 9.17) is 11.6 Å². The van der Waals surface area contributed by atoms with Gasteiger partial charge in [-0.15, -0.1) is 0 Å². The van der Waals surface area contributed by atoms with E-state index in [1.165, 1.54) is 96.0 Å². The molecule has 4 rings (SSSR count). The lowest BCUT2D eigenvalue weighted by atomic mass is 9.56. The van der Waals surface area contributed by atoms with Crippen LogP contribution in [0.4, 0.5) is 4.39 Å². The minimum Gasteiger partial charge on any atom is -0.303 e. The molecule has 0 radical (unpaired) electrons. The van der Waals surface area contributed by atoms with Crippen molar-refractivity contribution in [3.8, 4) is 0 Å². The summed E-state index contributed by atoms with van der Waals surface area (Å²) in [6.07, 6.45) is 19.1. The summed E-state index contributed by atoms with van der Waals surface area (Å²) in [5.41, 5.74) is 3.12. The molecule has 0 N–H and O–H groups in total. The van der Waals surface area contributed by atoms with Gasteiger partial charge in [-0.1, -0.05) is 61.7 Å². The number of hydrogen-bond acceptors (Lipinski definition) is 1. The van der Waals surface area contributed by atoms with E-state index in [1.807, 2.05) is 12.2 Å². The first-order chi connectivity index (χ1) is 15.4. The Morgan fingerprint density at radius 3 is 2.50 bits per heavy atom.